The van der Waals surface area contributed by atoms with Gasteiger partial charge < -0.3 is 30.5 Å². The van der Waals surface area contributed by atoms with Gasteiger partial charge in [0.1, 0.15) is 0 Å². The summed E-state index contributed by atoms with van der Waals surface area (Å²) >= 11 is 0. The minimum absolute atomic E-state index is 0.118. The van der Waals surface area contributed by atoms with Gasteiger partial charge in [0.05, 0.1) is 11.5 Å². The zero-order valence-electron chi connectivity index (χ0n) is 25.5. The molecule has 4 N–H and O–H groups in total. The number of fused-ring (bicyclic) bond motifs is 1. The molecule has 3 aromatic rings. The summed E-state index contributed by atoms with van der Waals surface area (Å²) in [5.74, 6) is 1.48. The number of nitrogens with one attached hydrogen (secondary N) is 1. The maximum atomic E-state index is 13.6. The van der Waals surface area contributed by atoms with E-state index in [4.69, 9.17) is 15.2 Å². The van der Waals surface area contributed by atoms with E-state index < -0.39 is 16.1 Å². The third-order valence-corrected chi connectivity index (χ3v) is 9.78. The van der Waals surface area contributed by atoms with Crippen molar-refractivity contribution in [3.05, 3.63) is 83.9 Å². The SMILES string of the molecule is CCC(C)CN([C@H](CO)CCCCNC(=O)N(Cc1ccccc1)Cc1ccc2c(c1)OCO2)S(=O)(=O)c1ccc(N)cc1. The second-order valence-corrected chi connectivity index (χ2v) is 13.1. The van der Waals surface area contributed by atoms with Gasteiger partial charge in [-0.15, -0.1) is 0 Å². The van der Waals surface area contributed by atoms with Gasteiger partial charge in [0.25, 0.3) is 0 Å². The molecule has 0 radical (unpaired) electrons. The summed E-state index contributed by atoms with van der Waals surface area (Å²) in [6.07, 6.45) is 2.52. The van der Waals surface area contributed by atoms with Crippen LogP contribution in [-0.2, 0) is 23.1 Å². The number of sulfonamides is 1. The van der Waals surface area contributed by atoms with Crippen molar-refractivity contribution in [2.75, 3.05) is 32.2 Å². The number of aliphatic hydroxyl groups is 1. The Bertz CT molecular complexity index is 1450. The summed E-state index contributed by atoms with van der Waals surface area (Å²) in [5, 5.41) is 13.3. The molecule has 2 amide bonds. The summed E-state index contributed by atoms with van der Waals surface area (Å²) in [6.45, 7) is 5.45. The first kappa shape index (κ1) is 33.1. The van der Waals surface area contributed by atoms with Crippen molar-refractivity contribution in [2.24, 2.45) is 5.92 Å². The molecule has 10 nitrogen and oxygen atoms in total. The number of hydrogen-bond acceptors (Lipinski definition) is 7. The summed E-state index contributed by atoms with van der Waals surface area (Å²) in [4.78, 5) is 15.2. The van der Waals surface area contributed by atoms with Crippen LogP contribution in [0.25, 0.3) is 0 Å². The quantitative estimate of drug-likeness (QED) is 0.151. The highest BCUT2D eigenvalue weighted by Gasteiger charge is 2.32. The van der Waals surface area contributed by atoms with E-state index in [1.165, 1.54) is 16.4 Å². The second kappa shape index (κ2) is 15.8. The third-order valence-electron chi connectivity index (χ3n) is 7.85. The summed E-state index contributed by atoms with van der Waals surface area (Å²) < 4.78 is 39.6. The van der Waals surface area contributed by atoms with E-state index in [1.54, 1.807) is 17.0 Å². The maximum Gasteiger partial charge on any atom is 0.318 e. The molecule has 0 aliphatic carbocycles. The lowest BCUT2D eigenvalue weighted by Crippen LogP contribution is -2.44. The first-order chi connectivity index (χ1) is 21.2. The molecule has 0 saturated carbocycles. The molecule has 0 fully saturated rings. The Labute approximate surface area is 260 Å². The molecule has 238 valence electrons. The van der Waals surface area contributed by atoms with Crippen LogP contribution in [0, 0.1) is 5.92 Å². The number of carbonyl (C=O) groups excluding carboxylic acids is 1. The van der Waals surface area contributed by atoms with Gasteiger partial charge in [-0.2, -0.15) is 4.31 Å². The average Bonchev–Trinajstić information content (AvgIpc) is 3.50. The van der Waals surface area contributed by atoms with Gasteiger partial charge >= 0.3 is 6.03 Å². The number of amides is 2. The van der Waals surface area contributed by atoms with Gasteiger partial charge in [-0.05, 0) is 66.3 Å². The number of unbranched alkanes of at least 4 members (excludes halogenated alkanes) is 1. The van der Waals surface area contributed by atoms with E-state index in [9.17, 15) is 18.3 Å². The predicted octanol–water partition coefficient (Wildman–Crippen LogP) is 4.98. The number of hydrogen-bond donors (Lipinski definition) is 3. The lowest BCUT2D eigenvalue weighted by Gasteiger charge is -2.32. The molecule has 44 heavy (non-hydrogen) atoms. The number of nitrogen functional groups attached to an aromatic ring is 1. The van der Waals surface area contributed by atoms with Crippen LogP contribution in [0.15, 0.2) is 77.7 Å². The van der Waals surface area contributed by atoms with E-state index in [1.807, 2.05) is 62.4 Å². The molecule has 1 aliphatic heterocycles. The summed E-state index contributed by atoms with van der Waals surface area (Å²) in [6, 6.07) is 20.8. The van der Waals surface area contributed by atoms with E-state index >= 15 is 0 Å². The fourth-order valence-electron chi connectivity index (χ4n) is 5.06. The fourth-order valence-corrected chi connectivity index (χ4v) is 6.82. The summed E-state index contributed by atoms with van der Waals surface area (Å²) in [7, 11) is -3.84. The van der Waals surface area contributed by atoms with Crippen molar-refractivity contribution >= 4 is 21.7 Å². The minimum Gasteiger partial charge on any atom is -0.454 e. The van der Waals surface area contributed by atoms with E-state index in [-0.39, 0.29) is 30.2 Å². The molecule has 2 atom stereocenters. The van der Waals surface area contributed by atoms with Gasteiger partial charge in [-0.25, -0.2) is 13.2 Å². The molecule has 1 heterocycles. The molecular formula is C33H44N4O6S. The Hall–Kier alpha value is -3.80. The first-order valence-corrected chi connectivity index (χ1v) is 16.6. The predicted molar refractivity (Wildman–Crippen MR) is 171 cm³/mol. The van der Waals surface area contributed by atoms with Crippen LogP contribution in [0.2, 0.25) is 0 Å². The molecule has 1 unspecified atom stereocenters. The Morgan fingerprint density at radius 2 is 1.68 bits per heavy atom. The van der Waals surface area contributed by atoms with Crippen LogP contribution >= 0.6 is 0 Å². The monoisotopic (exact) mass is 624 g/mol. The molecule has 0 saturated heterocycles. The standard InChI is InChI=1S/C33H44N4O6S/c1-3-25(2)20-37(44(40,41)30-15-13-28(34)14-16-30)29(23-38)11-7-8-18-35-33(39)36(21-26-9-5-4-6-10-26)22-27-12-17-31-32(19-27)43-24-42-31/h4-6,9-10,12-17,19,25,29,38H,3,7-8,11,18,20-24,34H2,1-2H3,(H,35,39)/t25?,29-/m0/s1. The number of aliphatic hydroxyl groups excluding tert-OH is 1. The fraction of sp³-hybridized carbons (Fsp3) is 0.424. The zero-order chi connectivity index (χ0) is 31.5. The Kier molecular flexibility index (Phi) is 11.9. The van der Waals surface area contributed by atoms with Crippen molar-refractivity contribution < 1.29 is 27.8 Å². The van der Waals surface area contributed by atoms with Gasteiger partial charge in [0.15, 0.2) is 11.5 Å². The Balaban J connectivity index is 1.36. The zero-order valence-corrected chi connectivity index (χ0v) is 26.3. The van der Waals surface area contributed by atoms with Crippen LogP contribution in [0.1, 0.15) is 50.7 Å². The number of nitrogens with zero attached hydrogens (tertiary/aromatic N) is 2. The summed E-state index contributed by atoms with van der Waals surface area (Å²) in [5.41, 5.74) is 8.19. The molecular weight excluding hydrogens is 580 g/mol. The normalized spacial score (nSPS) is 13.9. The number of anilines is 1. The highest BCUT2D eigenvalue weighted by Crippen LogP contribution is 2.33. The lowest BCUT2D eigenvalue weighted by molar-refractivity contribution is 0.165. The van der Waals surface area contributed by atoms with Gasteiger partial charge in [-0.1, -0.05) is 63.1 Å². The topological polar surface area (TPSA) is 134 Å². The highest BCUT2D eigenvalue weighted by molar-refractivity contribution is 7.89. The first-order valence-electron chi connectivity index (χ1n) is 15.1. The van der Waals surface area contributed by atoms with E-state index in [0.717, 1.165) is 17.5 Å². The maximum absolute atomic E-state index is 13.6. The van der Waals surface area contributed by atoms with Crippen molar-refractivity contribution in [1.29, 1.82) is 0 Å². The van der Waals surface area contributed by atoms with Crippen molar-refractivity contribution in [2.45, 2.75) is 63.6 Å². The van der Waals surface area contributed by atoms with Gasteiger partial charge in [0.2, 0.25) is 16.8 Å². The molecule has 11 heteroatoms. The minimum atomic E-state index is -3.84. The smallest absolute Gasteiger partial charge is 0.318 e. The number of rotatable bonds is 16. The third kappa shape index (κ3) is 8.87. The number of benzene rings is 3. The van der Waals surface area contributed by atoms with Crippen molar-refractivity contribution in [3.8, 4) is 11.5 Å². The van der Waals surface area contributed by atoms with Gasteiger partial charge in [-0.3, -0.25) is 0 Å². The van der Waals surface area contributed by atoms with Crippen molar-refractivity contribution in [1.82, 2.24) is 14.5 Å². The Morgan fingerprint density at radius 3 is 2.39 bits per heavy atom. The van der Waals surface area contributed by atoms with E-state index in [0.29, 0.717) is 62.6 Å². The van der Waals surface area contributed by atoms with E-state index in [2.05, 4.69) is 5.32 Å². The van der Waals surface area contributed by atoms with Crippen LogP contribution in [0.4, 0.5) is 10.5 Å². The number of ether oxygens (including phenoxy) is 2. The van der Waals surface area contributed by atoms with Crippen LogP contribution in [0.3, 0.4) is 0 Å². The molecule has 4 rings (SSSR count). The number of urea groups is 1. The highest BCUT2D eigenvalue weighted by atomic mass is 32.2. The van der Waals surface area contributed by atoms with Crippen LogP contribution in [-0.4, -0.2) is 61.3 Å². The lowest BCUT2D eigenvalue weighted by atomic mass is 10.1. The second-order valence-electron chi connectivity index (χ2n) is 11.3. The number of carbonyl (C=O) groups is 1. The van der Waals surface area contributed by atoms with Crippen LogP contribution < -0.4 is 20.5 Å². The molecule has 0 spiro atoms. The van der Waals surface area contributed by atoms with Gasteiger partial charge in [0, 0.05) is 37.9 Å². The largest absolute Gasteiger partial charge is 0.454 e. The van der Waals surface area contributed by atoms with Crippen LogP contribution in [0.5, 0.6) is 11.5 Å². The van der Waals surface area contributed by atoms with Crippen molar-refractivity contribution in [3.63, 3.8) is 0 Å². The average molecular weight is 625 g/mol. The Morgan fingerprint density at radius 1 is 0.977 bits per heavy atom. The molecule has 0 aromatic heterocycles. The molecule has 0 bridgehead atoms. The number of nitrogens with two attached hydrogens (primary N) is 1. The molecule has 3 aromatic carbocycles. The molecule has 1 aliphatic rings.